The molecule has 1 spiro atoms. The Morgan fingerprint density at radius 1 is 1.10 bits per heavy atom. The van der Waals surface area contributed by atoms with Crippen molar-refractivity contribution < 1.29 is 14.7 Å². The number of likely N-dealkylation sites (tertiary alicyclic amines) is 1. The number of likely N-dealkylation sites (N-methyl/N-ethyl adjacent to an activating group) is 1. The minimum atomic E-state index is -0.798. The molecule has 2 N–H and O–H groups in total. The Morgan fingerprint density at radius 3 is 2.40 bits per heavy atom. The second-order valence-corrected chi connectivity index (χ2v) is 9.22. The van der Waals surface area contributed by atoms with Crippen molar-refractivity contribution in [3.63, 3.8) is 0 Å². The third kappa shape index (κ3) is 4.00. The van der Waals surface area contributed by atoms with Crippen molar-refractivity contribution in [1.82, 2.24) is 15.1 Å². The Morgan fingerprint density at radius 2 is 1.77 bits per heavy atom. The Bertz CT molecular complexity index is 739. The minimum absolute atomic E-state index is 0.0804. The number of nitrogens with one attached hydrogen (secondary N) is 1. The highest BCUT2D eigenvalue weighted by Gasteiger charge is 2.54. The van der Waals surface area contributed by atoms with Gasteiger partial charge in [-0.1, -0.05) is 49.6 Å². The molecule has 2 aliphatic heterocycles. The lowest BCUT2D eigenvalue weighted by atomic mass is 9.78. The number of piperazine rings is 1. The number of piperidine rings is 1. The molecule has 164 valence electrons. The van der Waals surface area contributed by atoms with Crippen LogP contribution in [-0.4, -0.2) is 64.0 Å². The molecule has 1 saturated carbocycles. The van der Waals surface area contributed by atoms with E-state index in [1.807, 2.05) is 25.1 Å². The summed E-state index contributed by atoms with van der Waals surface area (Å²) >= 11 is 0. The maximum absolute atomic E-state index is 13.4. The lowest BCUT2D eigenvalue weighted by molar-refractivity contribution is -0.165. The molecule has 2 amide bonds. The Hall–Kier alpha value is -1.92. The fraction of sp³-hybridized carbons (Fsp3) is 0.667. The summed E-state index contributed by atoms with van der Waals surface area (Å²) in [7, 11) is 0. The van der Waals surface area contributed by atoms with E-state index in [1.165, 1.54) is 12.0 Å². The molecule has 3 fully saturated rings. The number of nitrogens with zero attached hydrogens (tertiary/aromatic N) is 2. The van der Waals surface area contributed by atoms with Gasteiger partial charge in [0.05, 0.1) is 6.10 Å². The van der Waals surface area contributed by atoms with E-state index in [4.69, 9.17) is 0 Å². The lowest BCUT2D eigenvalue weighted by Gasteiger charge is -2.52. The number of benzene rings is 1. The normalized spacial score (nSPS) is 26.6. The number of rotatable bonds is 5. The molecule has 1 aliphatic carbocycles. The van der Waals surface area contributed by atoms with Gasteiger partial charge < -0.3 is 15.3 Å². The monoisotopic (exact) mass is 413 g/mol. The quantitative estimate of drug-likeness (QED) is 0.777. The number of hydrogen-bond acceptors (Lipinski definition) is 4. The Labute approximate surface area is 179 Å². The van der Waals surface area contributed by atoms with Crippen LogP contribution in [0, 0.1) is 5.92 Å². The van der Waals surface area contributed by atoms with Crippen molar-refractivity contribution in [2.24, 2.45) is 5.92 Å². The van der Waals surface area contributed by atoms with Crippen LogP contribution in [0.2, 0.25) is 0 Å². The average molecular weight is 414 g/mol. The summed E-state index contributed by atoms with van der Waals surface area (Å²) in [6.07, 6.45) is 5.74. The van der Waals surface area contributed by atoms with Gasteiger partial charge in [0.2, 0.25) is 11.8 Å². The lowest BCUT2D eigenvalue weighted by Crippen LogP contribution is -2.74. The molecule has 1 aromatic carbocycles. The van der Waals surface area contributed by atoms with Crippen LogP contribution in [0.15, 0.2) is 30.3 Å². The molecule has 6 nitrogen and oxygen atoms in total. The van der Waals surface area contributed by atoms with Crippen LogP contribution in [0.25, 0.3) is 0 Å². The zero-order valence-electron chi connectivity index (χ0n) is 18.1. The van der Waals surface area contributed by atoms with Crippen molar-refractivity contribution in [3.05, 3.63) is 35.9 Å². The summed E-state index contributed by atoms with van der Waals surface area (Å²) in [5.41, 5.74) is 0.488. The van der Waals surface area contributed by atoms with E-state index in [2.05, 4.69) is 22.3 Å². The average Bonchev–Trinajstić information content (AvgIpc) is 2.79. The topological polar surface area (TPSA) is 72.9 Å². The van der Waals surface area contributed by atoms with Crippen molar-refractivity contribution in [2.45, 2.75) is 76.1 Å². The number of aliphatic hydroxyl groups is 1. The number of aliphatic hydroxyl groups excluding tert-OH is 1. The van der Waals surface area contributed by atoms with E-state index in [-0.39, 0.29) is 17.7 Å². The maximum Gasteiger partial charge on any atom is 0.248 e. The van der Waals surface area contributed by atoms with Crippen molar-refractivity contribution >= 4 is 11.8 Å². The van der Waals surface area contributed by atoms with Crippen LogP contribution < -0.4 is 5.32 Å². The third-order valence-corrected chi connectivity index (χ3v) is 7.48. The zero-order valence-corrected chi connectivity index (χ0v) is 18.1. The highest BCUT2D eigenvalue weighted by Crippen LogP contribution is 2.36. The SMILES string of the molecule is CCN1C(=O)[C@@H]([C@H](O)C2CCCCC2)NC(=O)C12CCN(Cc1ccccc1)CC2. The predicted molar refractivity (Wildman–Crippen MR) is 116 cm³/mol. The molecule has 0 aromatic heterocycles. The minimum Gasteiger partial charge on any atom is -0.390 e. The van der Waals surface area contributed by atoms with Gasteiger partial charge in [-0.05, 0) is 44.1 Å². The summed E-state index contributed by atoms with van der Waals surface area (Å²) < 4.78 is 0. The van der Waals surface area contributed by atoms with Crippen molar-refractivity contribution in [3.8, 4) is 0 Å². The van der Waals surface area contributed by atoms with Crippen LogP contribution in [0.4, 0.5) is 0 Å². The summed E-state index contributed by atoms with van der Waals surface area (Å²) in [4.78, 5) is 30.8. The second-order valence-electron chi connectivity index (χ2n) is 9.22. The maximum atomic E-state index is 13.4. The van der Waals surface area contributed by atoms with E-state index >= 15 is 0 Å². The van der Waals surface area contributed by atoms with Crippen LogP contribution in [0.1, 0.15) is 57.4 Å². The molecule has 6 heteroatoms. The molecule has 0 bridgehead atoms. The molecule has 2 atom stereocenters. The van der Waals surface area contributed by atoms with Crippen LogP contribution >= 0.6 is 0 Å². The van der Waals surface area contributed by atoms with Crippen molar-refractivity contribution in [1.29, 1.82) is 0 Å². The molecular weight excluding hydrogens is 378 g/mol. The first-order chi connectivity index (χ1) is 14.5. The highest BCUT2D eigenvalue weighted by molar-refractivity contribution is 6.00. The molecule has 1 aromatic rings. The van der Waals surface area contributed by atoms with Gasteiger partial charge in [0.1, 0.15) is 11.6 Å². The first kappa shape index (κ1) is 21.3. The van der Waals surface area contributed by atoms with Gasteiger partial charge in [-0.25, -0.2) is 0 Å². The van der Waals surface area contributed by atoms with Crippen LogP contribution in [-0.2, 0) is 16.1 Å². The van der Waals surface area contributed by atoms with E-state index in [9.17, 15) is 14.7 Å². The first-order valence-electron chi connectivity index (χ1n) is 11.6. The van der Waals surface area contributed by atoms with Gasteiger partial charge in [-0.15, -0.1) is 0 Å². The van der Waals surface area contributed by atoms with Gasteiger partial charge in [0, 0.05) is 26.2 Å². The smallest absolute Gasteiger partial charge is 0.248 e. The summed E-state index contributed by atoms with van der Waals surface area (Å²) in [6, 6.07) is 9.56. The third-order valence-electron chi connectivity index (χ3n) is 7.48. The van der Waals surface area contributed by atoms with Crippen LogP contribution in [0.5, 0.6) is 0 Å². The van der Waals surface area contributed by atoms with E-state index in [0.717, 1.165) is 45.3 Å². The predicted octanol–water partition coefficient (Wildman–Crippen LogP) is 2.31. The fourth-order valence-corrected chi connectivity index (χ4v) is 5.70. The summed E-state index contributed by atoms with van der Waals surface area (Å²) in [5.74, 6) is -0.0803. The van der Waals surface area contributed by atoms with Gasteiger partial charge in [0.25, 0.3) is 0 Å². The molecule has 2 heterocycles. The number of carbonyl (C=O) groups excluding carboxylic acids is 2. The first-order valence-corrected chi connectivity index (χ1v) is 11.6. The highest BCUT2D eigenvalue weighted by atomic mass is 16.3. The molecule has 30 heavy (non-hydrogen) atoms. The number of amides is 2. The van der Waals surface area contributed by atoms with Gasteiger partial charge in [0.15, 0.2) is 0 Å². The van der Waals surface area contributed by atoms with Gasteiger partial charge in [-0.3, -0.25) is 14.5 Å². The summed E-state index contributed by atoms with van der Waals surface area (Å²) in [6.45, 7) is 4.86. The Kier molecular flexibility index (Phi) is 6.44. The van der Waals surface area contributed by atoms with Gasteiger partial charge >= 0.3 is 0 Å². The van der Waals surface area contributed by atoms with E-state index in [1.54, 1.807) is 4.90 Å². The summed E-state index contributed by atoms with van der Waals surface area (Å²) in [5, 5.41) is 13.9. The van der Waals surface area contributed by atoms with E-state index in [0.29, 0.717) is 19.4 Å². The Balaban J connectivity index is 1.44. The molecule has 0 unspecified atom stereocenters. The van der Waals surface area contributed by atoms with E-state index < -0.39 is 17.7 Å². The molecule has 4 rings (SSSR count). The number of carbonyl (C=O) groups is 2. The van der Waals surface area contributed by atoms with Crippen LogP contribution in [0.3, 0.4) is 0 Å². The molecule has 3 aliphatic rings. The fourth-order valence-electron chi connectivity index (χ4n) is 5.70. The standard InChI is InChI=1S/C24H35N3O3/c1-2-27-22(29)20(21(28)19-11-7-4-8-12-19)25-23(30)24(27)13-15-26(16-14-24)17-18-9-5-3-6-10-18/h3,5-6,9-10,19-21,28H,2,4,7-8,11-17H2,1H3,(H,25,30)/t20-,21-/m1/s1. The molecule has 0 radical (unpaired) electrons. The zero-order chi connectivity index (χ0) is 21.1. The molecular formula is C24H35N3O3. The van der Waals surface area contributed by atoms with Crippen molar-refractivity contribution in [2.75, 3.05) is 19.6 Å². The number of hydrogen-bond donors (Lipinski definition) is 2. The largest absolute Gasteiger partial charge is 0.390 e. The molecule has 2 saturated heterocycles. The van der Waals surface area contributed by atoms with Gasteiger partial charge in [-0.2, -0.15) is 0 Å². The second kappa shape index (κ2) is 9.06.